The zero-order chi connectivity index (χ0) is 20.9. The van der Waals surface area contributed by atoms with Crippen LogP contribution in [0, 0.1) is 12.7 Å². The molecule has 29 heavy (non-hydrogen) atoms. The Kier molecular flexibility index (Phi) is 6.87. The molecule has 0 unspecified atom stereocenters. The number of halogens is 1. The van der Waals surface area contributed by atoms with Crippen LogP contribution in [0.2, 0.25) is 0 Å². The summed E-state index contributed by atoms with van der Waals surface area (Å²) < 4.78 is 15.6. The maximum atomic E-state index is 13.7. The number of guanidine groups is 1. The maximum absolute atomic E-state index is 13.7. The predicted octanol–water partition coefficient (Wildman–Crippen LogP) is 3.61. The van der Waals surface area contributed by atoms with E-state index in [1.54, 1.807) is 12.1 Å². The van der Waals surface area contributed by atoms with Gasteiger partial charge in [-0.15, -0.1) is 10.2 Å². The zero-order valence-corrected chi connectivity index (χ0v) is 18.0. The molecule has 0 saturated heterocycles. The van der Waals surface area contributed by atoms with Gasteiger partial charge in [0, 0.05) is 25.0 Å². The molecule has 1 aliphatic rings. The van der Waals surface area contributed by atoms with E-state index in [1.807, 2.05) is 24.6 Å². The minimum Gasteiger partial charge on any atom is -0.356 e. The summed E-state index contributed by atoms with van der Waals surface area (Å²) in [6, 6.07) is 7.26. The first-order valence-electron chi connectivity index (χ1n) is 10.5. The van der Waals surface area contributed by atoms with Crippen LogP contribution in [-0.2, 0) is 19.0 Å². The Morgan fingerprint density at radius 3 is 2.66 bits per heavy atom. The molecule has 0 bridgehead atoms. The molecule has 7 heteroatoms. The van der Waals surface area contributed by atoms with E-state index in [9.17, 15) is 4.39 Å². The Morgan fingerprint density at radius 2 is 2.00 bits per heavy atom. The third-order valence-electron chi connectivity index (χ3n) is 5.81. The number of benzene rings is 1. The van der Waals surface area contributed by atoms with E-state index in [0.29, 0.717) is 19.1 Å². The van der Waals surface area contributed by atoms with Gasteiger partial charge in [0.15, 0.2) is 11.8 Å². The number of hydrogen-bond acceptors (Lipinski definition) is 3. The summed E-state index contributed by atoms with van der Waals surface area (Å²) in [4.78, 5) is 4.77. The molecule has 0 amide bonds. The number of aryl methyl sites for hydroxylation is 1. The summed E-state index contributed by atoms with van der Waals surface area (Å²) >= 11 is 0. The van der Waals surface area contributed by atoms with Crippen LogP contribution < -0.4 is 10.6 Å². The molecule has 158 valence electrons. The van der Waals surface area contributed by atoms with Crippen molar-refractivity contribution in [1.82, 2.24) is 25.4 Å². The van der Waals surface area contributed by atoms with E-state index >= 15 is 0 Å². The first kappa shape index (κ1) is 21.3. The summed E-state index contributed by atoms with van der Waals surface area (Å²) in [5.74, 6) is 2.28. The molecule has 1 saturated carbocycles. The van der Waals surface area contributed by atoms with Gasteiger partial charge < -0.3 is 15.2 Å². The number of aromatic nitrogens is 3. The fourth-order valence-corrected chi connectivity index (χ4v) is 3.65. The molecule has 2 N–H and O–H groups in total. The standard InChI is InChI=1S/C22H33FN6/c1-16-27-28-20(29(16)4)14-24-21(26-19-11-6-5-7-12-19)25-15-22(2,3)17-9-8-10-18(23)13-17/h8-10,13,19H,5-7,11-12,14-15H2,1-4H3,(H2,24,25,26). The molecule has 1 heterocycles. The Labute approximate surface area is 173 Å². The van der Waals surface area contributed by atoms with Gasteiger partial charge in [0.1, 0.15) is 18.2 Å². The average molecular weight is 401 g/mol. The lowest BCUT2D eigenvalue weighted by atomic mass is 9.84. The van der Waals surface area contributed by atoms with E-state index in [-0.39, 0.29) is 11.2 Å². The average Bonchev–Trinajstić information content (AvgIpc) is 3.03. The van der Waals surface area contributed by atoms with E-state index in [4.69, 9.17) is 4.99 Å². The Morgan fingerprint density at radius 1 is 1.24 bits per heavy atom. The van der Waals surface area contributed by atoms with Crippen LogP contribution in [0.25, 0.3) is 0 Å². The zero-order valence-electron chi connectivity index (χ0n) is 18.0. The summed E-state index contributed by atoms with van der Waals surface area (Å²) in [5, 5.41) is 15.4. The summed E-state index contributed by atoms with van der Waals surface area (Å²) in [6.45, 7) is 7.26. The van der Waals surface area contributed by atoms with Crippen LogP contribution in [-0.4, -0.2) is 33.3 Å². The van der Waals surface area contributed by atoms with Crippen LogP contribution in [0.4, 0.5) is 4.39 Å². The van der Waals surface area contributed by atoms with Crippen LogP contribution in [0.5, 0.6) is 0 Å². The molecule has 1 aliphatic carbocycles. The molecule has 3 rings (SSSR count). The molecule has 1 aromatic carbocycles. The number of nitrogens with zero attached hydrogens (tertiary/aromatic N) is 4. The number of rotatable bonds is 6. The van der Waals surface area contributed by atoms with E-state index < -0.39 is 0 Å². The molecule has 0 aliphatic heterocycles. The normalized spacial score (nSPS) is 16.1. The topological polar surface area (TPSA) is 67.1 Å². The monoisotopic (exact) mass is 400 g/mol. The van der Waals surface area contributed by atoms with Gasteiger partial charge in [-0.05, 0) is 37.5 Å². The maximum Gasteiger partial charge on any atom is 0.191 e. The quantitative estimate of drug-likeness (QED) is 0.574. The Hall–Kier alpha value is -2.44. The van der Waals surface area contributed by atoms with Gasteiger partial charge in [-0.2, -0.15) is 0 Å². The first-order chi connectivity index (χ1) is 13.8. The molecular weight excluding hydrogens is 367 g/mol. The fourth-order valence-electron chi connectivity index (χ4n) is 3.65. The minimum absolute atomic E-state index is 0.206. The lowest BCUT2D eigenvalue weighted by molar-refractivity contribution is 0.407. The molecular formula is C22H33FN6. The van der Waals surface area contributed by atoms with Crippen molar-refractivity contribution in [2.24, 2.45) is 12.0 Å². The van der Waals surface area contributed by atoms with Gasteiger partial charge in [-0.3, -0.25) is 0 Å². The van der Waals surface area contributed by atoms with Crippen molar-refractivity contribution in [3.63, 3.8) is 0 Å². The number of hydrogen-bond donors (Lipinski definition) is 2. The molecule has 1 aromatic heterocycles. The third-order valence-corrected chi connectivity index (χ3v) is 5.81. The highest BCUT2D eigenvalue weighted by molar-refractivity contribution is 5.80. The van der Waals surface area contributed by atoms with Crippen LogP contribution in [0.15, 0.2) is 29.3 Å². The van der Waals surface area contributed by atoms with E-state index in [1.165, 1.54) is 25.3 Å². The second-order valence-electron chi connectivity index (χ2n) is 8.61. The SMILES string of the molecule is Cc1nnc(CN=C(NCC(C)(C)c2cccc(F)c2)NC2CCCCC2)n1C. The van der Waals surface area contributed by atoms with Gasteiger partial charge in [0.05, 0.1) is 0 Å². The van der Waals surface area contributed by atoms with Crippen molar-refractivity contribution in [2.75, 3.05) is 6.54 Å². The molecule has 0 radical (unpaired) electrons. The molecule has 0 atom stereocenters. The van der Waals surface area contributed by atoms with Crippen molar-refractivity contribution in [1.29, 1.82) is 0 Å². The van der Waals surface area contributed by atoms with Gasteiger partial charge in [-0.25, -0.2) is 9.38 Å². The summed E-state index contributed by atoms with van der Waals surface area (Å²) in [5.41, 5.74) is 0.726. The van der Waals surface area contributed by atoms with Gasteiger partial charge in [-0.1, -0.05) is 45.2 Å². The van der Waals surface area contributed by atoms with Crippen molar-refractivity contribution < 1.29 is 4.39 Å². The largest absolute Gasteiger partial charge is 0.356 e. The molecule has 1 fully saturated rings. The Bertz CT molecular complexity index is 836. The van der Waals surface area contributed by atoms with Crippen LogP contribution >= 0.6 is 0 Å². The van der Waals surface area contributed by atoms with E-state index in [0.717, 1.165) is 36.0 Å². The van der Waals surface area contributed by atoms with Gasteiger partial charge >= 0.3 is 0 Å². The van der Waals surface area contributed by atoms with Crippen molar-refractivity contribution >= 4 is 5.96 Å². The van der Waals surface area contributed by atoms with E-state index in [2.05, 4.69) is 34.7 Å². The highest BCUT2D eigenvalue weighted by atomic mass is 19.1. The minimum atomic E-state index is -0.238. The Balaban J connectivity index is 1.71. The molecule has 0 spiro atoms. The lowest BCUT2D eigenvalue weighted by Gasteiger charge is -2.29. The third kappa shape index (κ3) is 5.78. The van der Waals surface area contributed by atoms with Crippen LogP contribution in [0.3, 0.4) is 0 Å². The highest BCUT2D eigenvalue weighted by Crippen LogP contribution is 2.23. The van der Waals surface area contributed by atoms with Crippen molar-refractivity contribution in [3.05, 3.63) is 47.3 Å². The van der Waals surface area contributed by atoms with Crippen LogP contribution in [0.1, 0.15) is 63.2 Å². The second-order valence-corrected chi connectivity index (χ2v) is 8.61. The molecule has 2 aromatic rings. The summed E-state index contributed by atoms with van der Waals surface area (Å²) in [6.07, 6.45) is 6.14. The van der Waals surface area contributed by atoms with Crippen molar-refractivity contribution in [3.8, 4) is 0 Å². The second kappa shape index (κ2) is 9.37. The van der Waals surface area contributed by atoms with Crippen molar-refractivity contribution in [2.45, 2.75) is 70.9 Å². The van der Waals surface area contributed by atoms with Gasteiger partial charge in [0.2, 0.25) is 0 Å². The number of nitrogens with one attached hydrogen (secondary N) is 2. The number of aliphatic imine (C=N–C) groups is 1. The highest BCUT2D eigenvalue weighted by Gasteiger charge is 2.22. The lowest BCUT2D eigenvalue weighted by Crippen LogP contribution is -2.47. The predicted molar refractivity (Wildman–Crippen MR) is 114 cm³/mol. The molecule has 6 nitrogen and oxygen atoms in total. The summed E-state index contributed by atoms with van der Waals surface area (Å²) in [7, 11) is 1.95. The first-order valence-corrected chi connectivity index (χ1v) is 10.5. The van der Waals surface area contributed by atoms with Gasteiger partial charge in [0.25, 0.3) is 0 Å². The fraction of sp³-hybridized carbons (Fsp3) is 0.591. The smallest absolute Gasteiger partial charge is 0.191 e.